The van der Waals surface area contributed by atoms with Crippen molar-refractivity contribution in [2.75, 3.05) is 5.75 Å². The number of pyridine rings is 1. The van der Waals surface area contributed by atoms with Crippen LogP contribution in [0.15, 0.2) is 47.4 Å². The van der Waals surface area contributed by atoms with E-state index in [9.17, 15) is 18.0 Å². The topological polar surface area (TPSA) is 119 Å². The molecule has 182 valence electrons. The highest BCUT2D eigenvalue weighted by Crippen LogP contribution is 2.37. The molecule has 0 saturated carbocycles. The average molecular weight is 493 g/mol. The van der Waals surface area contributed by atoms with Crippen molar-refractivity contribution >= 4 is 21.5 Å². The summed E-state index contributed by atoms with van der Waals surface area (Å²) in [5.74, 6) is 0.248. The molecule has 1 unspecified atom stereocenters. The lowest BCUT2D eigenvalue weighted by Gasteiger charge is -2.32. The molecule has 1 amide bonds. The van der Waals surface area contributed by atoms with Gasteiger partial charge in [0.25, 0.3) is 5.91 Å². The number of carbonyl (C=O) groups is 2. The van der Waals surface area contributed by atoms with Gasteiger partial charge in [-0.3, -0.25) is 9.59 Å². The van der Waals surface area contributed by atoms with Gasteiger partial charge in [-0.25, -0.2) is 23.4 Å². The average Bonchev–Trinajstić information content (AvgIpc) is 2.84. The molecule has 1 aliphatic rings. The van der Waals surface area contributed by atoms with Gasteiger partial charge in [-0.05, 0) is 69.5 Å². The van der Waals surface area contributed by atoms with E-state index < -0.39 is 15.3 Å². The van der Waals surface area contributed by atoms with E-state index in [1.54, 1.807) is 43.3 Å². The van der Waals surface area contributed by atoms with Crippen LogP contribution in [0.25, 0.3) is 0 Å². The number of aryl methyl sites for hydroxylation is 3. The summed E-state index contributed by atoms with van der Waals surface area (Å²) in [6.07, 6.45) is 1.09. The quantitative estimate of drug-likeness (QED) is 0.561. The fourth-order valence-corrected chi connectivity index (χ4v) is 5.19. The summed E-state index contributed by atoms with van der Waals surface area (Å²) in [4.78, 5) is 39.7. The van der Waals surface area contributed by atoms with Crippen LogP contribution in [0.3, 0.4) is 0 Å². The number of carbonyl (C=O) groups excluding carboxylic acids is 2. The van der Waals surface area contributed by atoms with Crippen LogP contribution in [0.1, 0.15) is 69.6 Å². The first-order valence-electron chi connectivity index (χ1n) is 11.5. The lowest BCUT2D eigenvalue weighted by Crippen LogP contribution is -2.39. The highest BCUT2D eigenvalue weighted by atomic mass is 32.2. The second-order valence-corrected chi connectivity index (χ2v) is 11.3. The van der Waals surface area contributed by atoms with Gasteiger partial charge in [-0.2, -0.15) is 0 Å². The van der Waals surface area contributed by atoms with Gasteiger partial charge < -0.3 is 5.32 Å². The normalized spacial score (nSPS) is 17.7. The predicted molar refractivity (Wildman–Crippen MR) is 131 cm³/mol. The highest BCUT2D eigenvalue weighted by molar-refractivity contribution is 7.91. The molecule has 1 atom stereocenters. The van der Waals surface area contributed by atoms with Crippen LogP contribution in [0, 0.1) is 13.8 Å². The van der Waals surface area contributed by atoms with Gasteiger partial charge in [-0.15, -0.1) is 0 Å². The first kappa shape index (κ1) is 24.7. The van der Waals surface area contributed by atoms with E-state index in [4.69, 9.17) is 0 Å². The van der Waals surface area contributed by atoms with Crippen LogP contribution >= 0.6 is 0 Å². The van der Waals surface area contributed by atoms with Crippen molar-refractivity contribution in [1.82, 2.24) is 20.3 Å². The Morgan fingerprint density at radius 1 is 1.06 bits per heavy atom. The monoisotopic (exact) mass is 492 g/mol. The van der Waals surface area contributed by atoms with E-state index in [1.165, 1.54) is 0 Å². The van der Waals surface area contributed by atoms with E-state index in [2.05, 4.69) is 20.3 Å². The third-order valence-corrected chi connectivity index (χ3v) is 8.21. The van der Waals surface area contributed by atoms with Crippen LogP contribution in [0.4, 0.5) is 0 Å². The fraction of sp³-hybridized carbons (Fsp3) is 0.346. The number of aromatic nitrogens is 3. The van der Waals surface area contributed by atoms with Crippen LogP contribution in [0.2, 0.25) is 0 Å². The Bertz CT molecular complexity index is 1400. The van der Waals surface area contributed by atoms with Crippen molar-refractivity contribution in [3.63, 3.8) is 0 Å². The Balaban J connectivity index is 1.48. The molecular formula is C26H28N4O4S. The molecule has 1 aliphatic carbocycles. The Hall–Kier alpha value is -3.46. The van der Waals surface area contributed by atoms with Gasteiger partial charge in [0.15, 0.2) is 15.6 Å². The van der Waals surface area contributed by atoms with E-state index in [1.807, 2.05) is 26.8 Å². The first-order valence-corrected chi connectivity index (χ1v) is 13.2. The number of amides is 1. The number of ketones is 1. The van der Waals surface area contributed by atoms with Gasteiger partial charge in [0.1, 0.15) is 11.5 Å². The largest absolute Gasteiger partial charge is 0.347 e. The molecule has 1 N–H and O–H groups in total. The van der Waals surface area contributed by atoms with Crippen LogP contribution in [0.5, 0.6) is 0 Å². The molecule has 0 radical (unpaired) electrons. The fourth-order valence-electron chi connectivity index (χ4n) is 4.30. The van der Waals surface area contributed by atoms with Crippen molar-refractivity contribution in [2.45, 2.75) is 57.4 Å². The van der Waals surface area contributed by atoms with Gasteiger partial charge in [-0.1, -0.05) is 19.1 Å². The number of sulfone groups is 1. The summed E-state index contributed by atoms with van der Waals surface area (Å²) in [6, 6.07) is 11.5. The number of rotatable bonds is 6. The lowest BCUT2D eigenvalue weighted by atomic mass is 9.70. The maximum absolute atomic E-state index is 13.4. The van der Waals surface area contributed by atoms with Gasteiger partial charge in [0, 0.05) is 17.8 Å². The van der Waals surface area contributed by atoms with E-state index >= 15 is 0 Å². The Morgan fingerprint density at radius 2 is 1.77 bits per heavy atom. The Labute approximate surface area is 205 Å². The molecule has 0 bridgehead atoms. The SMILES string of the molecule is CCS(=O)(=O)c1ccc(CNC(=O)c2ccc3c(n2)CCC(C)(c2cc(C)nc(C)n2)C3=O)cc1. The molecule has 0 aliphatic heterocycles. The number of Topliss-reactive ketones (excluding diaryl/α,β-unsaturated/α-hetero) is 1. The molecule has 8 nitrogen and oxygen atoms in total. The number of nitrogens with zero attached hydrogens (tertiary/aromatic N) is 3. The minimum Gasteiger partial charge on any atom is -0.347 e. The molecule has 4 rings (SSSR count). The third kappa shape index (κ3) is 4.86. The van der Waals surface area contributed by atoms with Crippen molar-refractivity contribution < 1.29 is 18.0 Å². The van der Waals surface area contributed by atoms with E-state index in [-0.39, 0.29) is 34.6 Å². The summed E-state index contributed by atoms with van der Waals surface area (Å²) in [5, 5.41) is 2.81. The first-order chi connectivity index (χ1) is 16.5. The maximum Gasteiger partial charge on any atom is 0.270 e. The maximum atomic E-state index is 13.4. The second-order valence-electron chi connectivity index (χ2n) is 9.02. The lowest BCUT2D eigenvalue weighted by molar-refractivity contribution is 0.0867. The van der Waals surface area contributed by atoms with Gasteiger partial charge in [0.2, 0.25) is 0 Å². The molecule has 0 saturated heterocycles. The number of hydrogen-bond donors (Lipinski definition) is 1. The predicted octanol–water partition coefficient (Wildman–Crippen LogP) is 3.30. The van der Waals surface area contributed by atoms with E-state index in [0.29, 0.717) is 35.6 Å². The van der Waals surface area contributed by atoms with Crippen molar-refractivity contribution in [3.8, 4) is 0 Å². The highest BCUT2D eigenvalue weighted by Gasteiger charge is 2.42. The molecule has 9 heteroatoms. The standard InChI is InChI=1S/C26H28N4O4S/c1-5-35(33,34)19-8-6-18(7-9-19)15-27-25(32)22-11-10-20-21(30-22)12-13-26(4,24(20)31)23-14-16(2)28-17(3)29-23/h6-11,14H,5,12-13,15H2,1-4H3,(H,27,32). The summed E-state index contributed by atoms with van der Waals surface area (Å²) in [7, 11) is -3.26. The minimum atomic E-state index is -3.26. The van der Waals surface area contributed by atoms with Crippen molar-refractivity contribution in [2.24, 2.45) is 0 Å². The zero-order valence-corrected chi connectivity index (χ0v) is 21.1. The van der Waals surface area contributed by atoms with Crippen molar-refractivity contribution in [3.05, 3.63) is 82.2 Å². The molecule has 3 aromatic rings. The van der Waals surface area contributed by atoms with Crippen LogP contribution < -0.4 is 5.32 Å². The summed E-state index contributed by atoms with van der Waals surface area (Å²) in [5.41, 5.74) is 2.88. The number of fused-ring (bicyclic) bond motifs is 1. The van der Waals surface area contributed by atoms with Crippen molar-refractivity contribution in [1.29, 1.82) is 0 Å². The number of hydrogen-bond acceptors (Lipinski definition) is 7. The Morgan fingerprint density at radius 3 is 2.43 bits per heavy atom. The zero-order chi connectivity index (χ0) is 25.4. The molecule has 2 heterocycles. The molecule has 35 heavy (non-hydrogen) atoms. The number of benzene rings is 1. The van der Waals surface area contributed by atoms with Crippen LogP contribution in [-0.4, -0.2) is 40.8 Å². The summed E-state index contributed by atoms with van der Waals surface area (Å²) < 4.78 is 23.9. The summed E-state index contributed by atoms with van der Waals surface area (Å²) in [6.45, 7) is 7.43. The molecule has 2 aromatic heterocycles. The molecular weight excluding hydrogens is 464 g/mol. The molecule has 1 aromatic carbocycles. The van der Waals surface area contributed by atoms with Crippen LogP contribution in [-0.2, 0) is 28.2 Å². The Kier molecular flexibility index (Phi) is 6.55. The molecule has 0 spiro atoms. The second kappa shape index (κ2) is 9.30. The number of nitrogens with one attached hydrogen (secondary N) is 1. The van der Waals surface area contributed by atoms with E-state index in [0.717, 1.165) is 11.3 Å². The zero-order valence-electron chi connectivity index (χ0n) is 20.3. The third-order valence-electron chi connectivity index (χ3n) is 6.46. The minimum absolute atomic E-state index is 0.0348. The smallest absolute Gasteiger partial charge is 0.270 e. The van der Waals surface area contributed by atoms with Gasteiger partial charge >= 0.3 is 0 Å². The summed E-state index contributed by atoms with van der Waals surface area (Å²) >= 11 is 0. The molecule has 0 fully saturated rings. The van der Waals surface area contributed by atoms with Gasteiger partial charge in [0.05, 0.1) is 27.5 Å².